The molecule has 0 N–H and O–H groups in total. The number of thiophene rings is 7. The predicted molar refractivity (Wildman–Crippen MR) is 276 cm³/mol. The highest BCUT2D eigenvalue weighted by Crippen LogP contribution is 2.53. The van der Waals surface area contributed by atoms with Gasteiger partial charge in [0, 0.05) is 46.0 Å². The Morgan fingerprint density at radius 1 is 0.322 bits per heavy atom. The van der Waals surface area contributed by atoms with Crippen LogP contribution in [0.3, 0.4) is 0 Å². The lowest BCUT2D eigenvalue weighted by Crippen LogP contribution is -1.82. The molecule has 0 aromatic carbocycles. The van der Waals surface area contributed by atoms with Gasteiger partial charge in [-0.1, -0.05) is 105 Å². The molecule has 314 valence electrons. The zero-order chi connectivity index (χ0) is 40.8. The highest BCUT2D eigenvalue weighted by Gasteiger charge is 2.23. The molecule has 0 aliphatic rings. The fourth-order valence-corrected chi connectivity index (χ4v) is 15.7. The van der Waals surface area contributed by atoms with Crippen LogP contribution < -0.4 is 0 Å². The fourth-order valence-electron chi connectivity index (χ4n) is 8.02. The molecule has 0 atom stereocenters. The van der Waals surface area contributed by atoms with Gasteiger partial charge in [0.15, 0.2) is 0 Å². The smallest absolute Gasteiger partial charge is 0.0536 e. The van der Waals surface area contributed by atoms with Crippen LogP contribution in [0.4, 0.5) is 0 Å². The minimum absolute atomic E-state index is 1.19. The Morgan fingerprint density at radius 2 is 0.695 bits per heavy atom. The van der Waals surface area contributed by atoms with E-state index < -0.39 is 0 Å². The van der Waals surface area contributed by atoms with Gasteiger partial charge in [0.05, 0.1) is 14.6 Å². The van der Waals surface area contributed by atoms with E-state index in [4.69, 9.17) is 0 Å². The molecule has 0 saturated carbocycles. The largest absolute Gasteiger partial charge is 0.143 e. The molecule has 7 aromatic heterocycles. The van der Waals surface area contributed by atoms with Gasteiger partial charge in [0.2, 0.25) is 0 Å². The number of rotatable bonds is 26. The van der Waals surface area contributed by atoms with Crippen molar-refractivity contribution in [1.29, 1.82) is 0 Å². The van der Waals surface area contributed by atoms with Gasteiger partial charge >= 0.3 is 0 Å². The van der Waals surface area contributed by atoms with E-state index in [1.54, 1.807) is 0 Å². The minimum Gasteiger partial charge on any atom is -0.143 e. The average Bonchev–Trinajstić information content (AvgIpc) is 4.10. The van der Waals surface area contributed by atoms with E-state index in [2.05, 4.69) is 97.1 Å². The van der Waals surface area contributed by atoms with Crippen molar-refractivity contribution in [2.75, 3.05) is 0 Å². The topological polar surface area (TPSA) is 0 Å². The van der Waals surface area contributed by atoms with E-state index in [9.17, 15) is 0 Å². The maximum atomic E-state index is 2.55. The molecule has 0 spiro atoms. The number of hydrogen-bond donors (Lipinski definition) is 0. The van der Waals surface area contributed by atoms with Crippen molar-refractivity contribution in [1.82, 2.24) is 0 Å². The first-order valence-corrected chi connectivity index (χ1v) is 28.8. The third kappa shape index (κ3) is 12.1. The highest BCUT2D eigenvalue weighted by atomic mass is 32.1. The van der Waals surface area contributed by atoms with Crippen molar-refractivity contribution < 1.29 is 0 Å². The van der Waals surface area contributed by atoms with Crippen LogP contribution >= 0.6 is 79.4 Å². The molecule has 0 amide bonds. The summed E-state index contributed by atoms with van der Waals surface area (Å²) in [4.78, 5) is 12.8. The summed E-state index contributed by atoms with van der Waals surface area (Å²) in [6, 6.07) is 17.5. The molecule has 59 heavy (non-hydrogen) atoms. The number of aryl methyl sites for hydroxylation is 4. The standard InChI is InChI=1S/C52H64S7/c1-5-9-13-17-21-37-27-44(54-33-37)42-31-46(58-51(42)47-29-39(35-56-47)23-19-15-11-7-3)41-25-26-53-50(41)49-32-43(45-28-38(34-55-45)22-18-14-10-6-2)52(59-49)48-30-40(36-57-48)24-20-16-12-8-4/h25-36H,5-24H2,1-4H3. The first-order valence-electron chi connectivity index (χ1n) is 22.7. The Bertz CT molecular complexity index is 1980. The van der Waals surface area contributed by atoms with Crippen LogP contribution in [-0.2, 0) is 25.7 Å². The van der Waals surface area contributed by atoms with Gasteiger partial charge in [0.25, 0.3) is 0 Å². The summed E-state index contributed by atoms with van der Waals surface area (Å²) in [5.41, 5.74) is 10.3. The molecule has 7 heterocycles. The van der Waals surface area contributed by atoms with Crippen LogP contribution in [0.15, 0.2) is 69.4 Å². The molecule has 0 radical (unpaired) electrons. The lowest BCUT2D eigenvalue weighted by atomic mass is 10.1. The Labute approximate surface area is 384 Å². The lowest BCUT2D eigenvalue weighted by Gasteiger charge is -2.00. The average molecular weight is 914 g/mol. The predicted octanol–water partition coefficient (Wildman–Crippen LogP) is 20.6. The SMILES string of the molecule is CCCCCCc1csc(-c2cc(-c3ccsc3-c3cc(-c4cc(CCCCCC)cs4)c(-c4cc(CCCCCC)cs4)s3)sc2-c2cc(CCCCCC)cs2)c1. The van der Waals surface area contributed by atoms with E-state index in [1.807, 2.05) is 79.4 Å². The summed E-state index contributed by atoms with van der Waals surface area (Å²) in [6.45, 7) is 9.22. The third-order valence-electron chi connectivity index (χ3n) is 11.5. The Hall–Kier alpha value is -2.10. The second-order valence-electron chi connectivity index (χ2n) is 16.4. The van der Waals surface area contributed by atoms with Crippen LogP contribution in [0.25, 0.3) is 60.6 Å². The Balaban J connectivity index is 1.23. The lowest BCUT2D eigenvalue weighted by molar-refractivity contribution is 0.667. The first-order chi connectivity index (χ1) is 29.1. The van der Waals surface area contributed by atoms with Gasteiger partial charge in [-0.3, -0.25) is 0 Å². The molecule has 7 rings (SSSR count). The maximum Gasteiger partial charge on any atom is 0.0536 e. The van der Waals surface area contributed by atoms with Crippen LogP contribution in [0, 0.1) is 0 Å². The molecule has 0 saturated heterocycles. The third-order valence-corrected chi connectivity index (χ3v) is 19.2. The number of hydrogen-bond acceptors (Lipinski definition) is 7. The molecule has 0 aliphatic carbocycles. The fraction of sp³-hybridized carbons (Fsp3) is 0.462. The number of unbranched alkanes of at least 4 members (excludes halogenated alkanes) is 12. The van der Waals surface area contributed by atoms with Crippen LogP contribution in [0.2, 0.25) is 0 Å². The molecule has 0 fully saturated rings. The molecule has 0 aliphatic heterocycles. The van der Waals surface area contributed by atoms with E-state index in [0.29, 0.717) is 0 Å². The quantitative estimate of drug-likeness (QED) is 0.0475. The van der Waals surface area contributed by atoms with Gasteiger partial charge in [-0.05, 0) is 143 Å². The normalized spacial score (nSPS) is 11.7. The van der Waals surface area contributed by atoms with Gasteiger partial charge in [-0.15, -0.1) is 79.4 Å². The molecule has 0 unspecified atom stereocenters. The van der Waals surface area contributed by atoms with E-state index in [-0.39, 0.29) is 0 Å². The van der Waals surface area contributed by atoms with Crippen molar-refractivity contribution >= 4 is 79.4 Å². The van der Waals surface area contributed by atoms with Crippen molar-refractivity contribution in [2.24, 2.45) is 0 Å². The van der Waals surface area contributed by atoms with Gasteiger partial charge in [-0.25, -0.2) is 0 Å². The molecule has 0 nitrogen and oxygen atoms in total. The summed E-state index contributed by atoms with van der Waals surface area (Å²) < 4.78 is 0. The highest BCUT2D eigenvalue weighted by molar-refractivity contribution is 7.28. The van der Waals surface area contributed by atoms with E-state index in [1.165, 1.54) is 211 Å². The zero-order valence-corrected chi connectivity index (χ0v) is 41.6. The van der Waals surface area contributed by atoms with E-state index >= 15 is 0 Å². The molecule has 7 heteroatoms. The summed E-state index contributed by atoms with van der Waals surface area (Å²) >= 11 is 13.8. The summed E-state index contributed by atoms with van der Waals surface area (Å²) in [5, 5.41) is 12.1. The summed E-state index contributed by atoms with van der Waals surface area (Å²) in [5.74, 6) is 0. The van der Waals surface area contributed by atoms with Crippen molar-refractivity contribution in [3.63, 3.8) is 0 Å². The van der Waals surface area contributed by atoms with E-state index in [0.717, 1.165) is 0 Å². The molecular formula is C52H64S7. The maximum absolute atomic E-state index is 2.55. The molecular weight excluding hydrogens is 849 g/mol. The zero-order valence-electron chi connectivity index (χ0n) is 35.9. The van der Waals surface area contributed by atoms with Crippen LogP contribution in [0.1, 0.15) is 153 Å². The van der Waals surface area contributed by atoms with Crippen molar-refractivity contribution in [2.45, 2.75) is 156 Å². The molecule has 7 aromatic rings. The van der Waals surface area contributed by atoms with Crippen molar-refractivity contribution in [3.8, 4) is 60.6 Å². The summed E-state index contributed by atoms with van der Waals surface area (Å²) in [7, 11) is 0. The van der Waals surface area contributed by atoms with Crippen LogP contribution in [0.5, 0.6) is 0 Å². The van der Waals surface area contributed by atoms with Crippen LogP contribution in [-0.4, -0.2) is 0 Å². The Kier molecular flexibility index (Phi) is 17.8. The van der Waals surface area contributed by atoms with Gasteiger partial charge in [-0.2, -0.15) is 0 Å². The second-order valence-corrected chi connectivity index (χ2v) is 23.1. The van der Waals surface area contributed by atoms with Crippen molar-refractivity contribution in [3.05, 3.63) is 91.6 Å². The minimum atomic E-state index is 1.19. The first kappa shape index (κ1) is 44.9. The van der Waals surface area contributed by atoms with Gasteiger partial charge in [0.1, 0.15) is 0 Å². The van der Waals surface area contributed by atoms with Gasteiger partial charge < -0.3 is 0 Å². The summed E-state index contributed by atoms with van der Waals surface area (Å²) in [6.07, 6.45) is 25.8. The second kappa shape index (κ2) is 23.4. The monoisotopic (exact) mass is 912 g/mol. The Morgan fingerprint density at radius 3 is 1.12 bits per heavy atom. The molecule has 0 bridgehead atoms.